The largest absolute Gasteiger partial charge is 0.459 e. The van der Waals surface area contributed by atoms with Crippen molar-refractivity contribution >= 4 is 11.9 Å². The molecule has 8 nitrogen and oxygen atoms in total. The summed E-state index contributed by atoms with van der Waals surface area (Å²) < 4.78 is 7.08. The van der Waals surface area contributed by atoms with E-state index in [1.54, 1.807) is 18.3 Å². The zero-order valence-corrected chi connectivity index (χ0v) is 17.1. The second-order valence-electron chi connectivity index (χ2n) is 7.05. The summed E-state index contributed by atoms with van der Waals surface area (Å²) in [6.45, 7) is 6.15. The predicted molar refractivity (Wildman–Crippen MR) is 115 cm³/mol. The van der Waals surface area contributed by atoms with Gasteiger partial charge in [0.15, 0.2) is 11.7 Å². The Kier molecular flexibility index (Phi) is 6.12. The van der Waals surface area contributed by atoms with Crippen molar-refractivity contribution in [2.75, 3.05) is 32.7 Å². The van der Waals surface area contributed by atoms with E-state index >= 15 is 0 Å². The first-order valence-electron chi connectivity index (χ1n) is 10.2. The fourth-order valence-corrected chi connectivity index (χ4v) is 3.49. The van der Waals surface area contributed by atoms with Crippen molar-refractivity contribution in [1.82, 2.24) is 24.9 Å². The summed E-state index contributed by atoms with van der Waals surface area (Å²) in [4.78, 5) is 21.3. The van der Waals surface area contributed by atoms with Crippen LogP contribution in [0.15, 0.2) is 70.5 Å². The molecule has 0 atom stereocenters. The SMILES string of the molecule is CCNC(=NCc1cccc(-n2cccn2)c1)N1CCN(C(=O)c2ccco2)CC1. The van der Waals surface area contributed by atoms with E-state index in [4.69, 9.17) is 9.41 Å². The lowest BCUT2D eigenvalue weighted by Gasteiger charge is -2.36. The van der Waals surface area contributed by atoms with Crippen molar-refractivity contribution in [3.63, 3.8) is 0 Å². The highest BCUT2D eigenvalue weighted by Gasteiger charge is 2.25. The fraction of sp³-hybridized carbons (Fsp3) is 0.318. The Labute approximate surface area is 175 Å². The molecule has 1 fully saturated rings. The van der Waals surface area contributed by atoms with E-state index in [9.17, 15) is 4.79 Å². The molecule has 1 aliphatic heterocycles. The van der Waals surface area contributed by atoms with Gasteiger partial charge in [-0.1, -0.05) is 12.1 Å². The Balaban J connectivity index is 1.40. The first kappa shape index (κ1) is 19.8. The van der Waals surface area contributed by atoms with Crippen LogP contribution in [-0.4, -0.2) is 64.2 Å². The number of aromatic nitrogens is 2. The second-order valence-corrected chi connectivity index (χ2v) is 7.05. The minimum absolute atomic E-state index is 0.0583. The minimum Gasteiger partial charge on any atom is -0.459 e. The lowest BCUT2D eigenvalue weighted by atomic mass is 10.2. The number of amides is 1. The molecule has 1 saturated heterocycles. The van der Waals surface area contributed by atoms with Crippen LogP contribution >= 0.6 is 0 Å². The van der Waals surface area contributed by atoms with E-state index in [0.29, 0.717) is 25.4 Å². The number of hydrogen-bond acceptors (Lipinski definition) is 4. The van der Waals surface area contributed by atoms with Crippen molar-refractivity contribution < 1.29 is 9.21 Å². The lowest BCUT2D eigenvalue weighted by Crippen LogP contribution is -2.53. The summed E-state index contributed by atoms with van der Waals surface area (Å²) in [5.74, 6) is 1.20. The molecule has 8 heteroatoms. The van der Waals surface area contributed by atoms with E-state index in [-0.39, 0.29) is 5.91 Å². The molecule has 0 radical (unpaired) electrons. The Bertz CT molecular complexity index is 973. The molecule has 1 aliphatic rings. The van der Waals surface area contributed by atoms with Gasteiger partial charge < -0.3 is 19.5 Å². The van der Waals surface area contributed by atoms with Crippen molar-refractivity contribution in [2.45, 2.75) is 13.5 Å². The summed E-state index contributed by atoms with van der Waals surface area (Å²) >= 11 is 0. The van der Waals surface area contributed by atoms with E-state index in [2.05, 4.69) is 34.4 Å². The van der Waals surface area contributed by atoms with Crippen LogP contribution in [0.4, 0.5) is 0 Å². The van der Waals surface area contributed by atoms with Gasteiger partial charge in [0.1, 0.15) is 0 Å². The monoisotopic (exact) mass is 406 g/mol. The quantitative estimate of drug-likeness (QED) is 0.520. The number of hydrogen-bond donors (Lipinski definition) is 1. The van der Waals surface area contributed by atoms with Crippen LogP contribution in [0.25, 0.3) is 5.69 Å². The van der Waals surface area contributed by atoms with Crippen LogP contribution in [0.5, 0.6) is 0 Å². The molecule has 30 heavy (non-hydrogen) atoms. The number of carbonyl (C=O) groups excluding carboxylic acids is 1. The van der Waals surface area contributed by atoms with Gasteiger partial charge in [-0.25, -0.2) is 9.67 Å². The third kappa shape index (κ3) is 4.53. The Morgan fingerprint density at radius 3 is 2.67 bits per heavy atom. The minimum atomic E-state index is -0.0583. The Morgan fingerprint density at radius 2 is 1.97 bits per heavy atom. The summed E-state index contributed by atoms with van der Waals surface area (Å²) in [6, 6.07) is 13.6. The highest BCUT2D eigenvalue weighted by molar-refractivity contribution is 5.91. The molecule has 1 N–H and O–H groups in total. The Hall–Kier alpha value is -3.55. The van der Waals surface area contributed by atoms with E-state index in [1.807, 2.05) is 34.0 Å². The van der Waals surface area contributed by atoms with Gasteiger partial charge in [0.25, 0.3) is 5.91 Å². The number of furan rings is 1. The van der Waals surface area contributed by atoms with E-state index in [0.717, 1.165) is 36.8 Å². The lowest BCUT2D eigenvalue weighted by molar-refractivity contribution is 0.0657. The van der Waals surface area contributed by atoms with Gasteiger partial charge in [0.2, 0.25) is 0 Å². The molecular formula is C22H26N6O2. The van der Waals surface area contributed by atoms with Crippen LogP contribution in [-0.2, 0) is 6.54 Å². The molecule has 4 rings (SSSR count). The van der Waals surface area contributed by atoms with Crippen molar-refractivity contribution in [1.29, 1.82) is 0 Å². The maximum atomic E-state index is 12.5. The van der Waals surface area contributed by atoms with Crippen molar-refractivity contribution in [3.05, 3.63) is 72.4 Å². The van der Waals surface area contributed by atoms with Gasteiger partial charge in [-0.2, -0.15) is 5.10 Å². The van der Waals surface area contributed by atoms with E-state index in [1.165, 1.54) is 6.26 Å². The van der Waals surface area contributed by atoms with Crippen LogP contribution in [0.3, 0.4) is 0 Å². The molecule has 0 bridgehead atoms. The predicted octanol–water partition coefficient (Wildman–Crippen LogP) is 2.39. The topological polar surface area (TPSA) is 78.9 Å². The summed E-state index contributed by atoms with van der Waals surface area (Å²) in [5, 5.41) is 7.66. The van der Waals surface area contributed by atoms with Crippen LogP contribution in [0.1, 0.15) is 23.0 Å². The highest BCUT2D eigenvalue weighted by Crippen LogP contribution is 2.12. The molecule has 1 amide bonds. The smallest absolute Gasteiger partial charge is 0.289 e. The molecule has 0 spiro atoms. The molecule has 0 unspecified atom stereocenters. The molecular weight excluding hydrogens is 380 g/mol. The van der Waals surface area contributed by atoms with Gasteiger partial charge in [-0.3, -0.25) is 4.79 Å². The fourth-order valence-electron chi connectivity index (χ4n) is 3.49. The van der Waals surface area contributed by atoms with Gasteiger partial charge in [-0.05, 0) is 42.8 Å². The third-order valence-electron chi connectivity index (χ3n) is 5.02. The average molecular weight is 406 g/mol. The normalized spacial score (nSPS) is 14.8. The van der Waals surface area contributed by atoms with Crippen molar-refractivity contribution in [3.8, 4) is 5.69 Å². The zero-order valence-electron chi connectivity index (χ0n) is 17.1. The Morgan fingerprint density at radius 1 is 1.13 bits per heavy atom. The summed E-state index contributed by atoms with van der Waals surface area (Å²) in [6.07, 6.45) is 5.22. The molecule has 0 saturated carbocycles. The maximum Gasteiger partial charge on any atom is 0.289 e. The molecule has 2 aromatic heterocycles. The van der Waals surface area contributed by atoms with Gasteiger partial charge in [-0.15, -0.1) is 0 Å². The number of rotatable bonds is 5. The highest BCUT2D eigenvalue weighted by atomic mass is 16.3. The van der Waals surface area contributed by atoms with Crippen LogP contribution < -0.4 is 5.32 Å². The van der Waals surface area contributed by atoms with Crippen molar-refractivity contribution in [2.24, 2.45) is 4.99 Å². The molecule has 1 aromatic carbocycles. The number of piperazine rings is 1. The van der Waals surface area contributed by atoms with Crippen LogP contribution in [0.2, 0.25) is 0 Å². The molecule has 156 valence electrons. The van der Waals surface area contributed by atoms with E-state index < -0.39 is 0 Å². The maximum absolute atomic E-state index is 12.5. The number of guanidine groups is 1. The standard InChI is InChI=1S/C22H26N6O2/c1-2-23-22(24-17-18-6-3-7-19(16-18)28-10-5-9-25-28)27-13-11-26(12-14-27)21(29)20-8-4-15-30-20/h3-10,15-16H,2,11-14,17H2,1H3,(H,23,24). The molecule has 0 aliphatic carbocycles. The summed E-state index contributed by atoms with van der Waals surface area (Å²) in [5.41, 5.74) is 2.13. The van der Waals surface area contributed by atoms with Gasteiger partial charge in [0, 0.05) is 45.1 Å². The first-order chi connectivity index (χ1) is 14.7. The average Bonchev–Trinajstić information content (AvgIpc) is 3.51. The summed E-state index contributed by atoms with van der Waals surface area (Å²) in [7, 11) is 0. The first-order valence-corrected chi connectivity index (χ1v) is 10.2. The second kappa shape index (κ2) is 9.30. The van der Waals surface area contributed by atoms with Gasteiger partial charge >= 0.3 is 0 Å². The zero-order chi connectivity index (χ0) is 20.8. The van der Waals surface area contributed by atoms with Gasteiger partial charge in [0.05, 0.1) is 18.5 Å². The number of nitrogens with zero attached hydrogens (tertiary/aromatic N) is 5. The third-order valence-corrected chi connectivity index (χ3v) is 5.02. The molecule has 3 aromatic rings. The number of benzene rings is 1. The van der Waals surface area contributed by atoms with Crippen LogP contribution in [0, 0.1) is 0 Å². The number of aliphatic imine (C=N–C) groups is 1. The molecule has 3 heterocycles. The number of carbonyl (C=O) groups is 1. The number of nitrogens with one attached hydrogen (secondary N) is 1.